The van der Waals surface area contributed by atoms with Crippen molar-refractivity contribution in [1.82, 2.24) is 0 Å². The Hall–Kier alpha value is -0.697. The summed E-state index contributed by atoms with van der Waals surface area (Å²) in [6, 6.07) is 0. The third-order valence-electron chi connectivity index (χ3n) is 2.28. The molecule has 1 saturated carbocycles. The summed E-state index contributed by atoms with van der Waals surface area (Å²) in [6.45, 7) is 2.31. The molecule has 0 saturated heterocycles. The van der Waals surface area contributed by atoms with Crippen molar-refractivity contribution in [2.24, 2.45) is 0 Å². The van der Waals surface area contributed by atoms with Crippen molar-refractivity contribution in [3.8, 4) is 0 Å². The summed E-state index contributed by atoms with van der Waals surface area (Å²) < 4.78 is 0. The monoisotopic (exact) mass is 350 g/mol. The molecule has 1 aliphatic rings. The van der Waals surface area contributed by atoms with Crippen LogP contribution < -0.4 is 10.2 Å². The van der Waals surface area contributed by atoms with E-state index in [9.17, 15) is 19.8 Å². The second-order valence-corrected chi connectivity index (χ2v) is 3.64. The first-order chi connectivity index (χ1) is 8.46. The third kappa shape index (κ3) is 10.9. The SMILES string of the molecule is C/C(C(=O)[O-])=C(\C)C(=O)[O-].[CH]1[CH][CH][CH]CC[CH][CH]1.[Ru+2]. The van der Waals surface area contributed by atoms with Crippen LogP contribution in [0.3, 0.4) is 0 Å². The molecular weight excluding hydrogens is 333 g/mol. The Labute approximate surface area is 128 Å². The molecule has 0 N–H and O–H groups in total. The minimum Gasteiger partial charge on any atom is -0.545 e. The largest absolute Gasteiger partial charge is 2.00 e. The van der Waals surface area contributed by atoms with E-state index in [0.717, 1.165) is 13.8 Å². The summed E-state index contributed by atoms with van der Waals surface area (Å²) in [5.41, 5.74) is -0.611. The molecular formula is C14H16O4Ru. The average Bonchev–Trinajstić information content (AvgIpc) is 2.26. The van der Waals surface area contributed by atoms with Gasteiger partial charge in [0.25, 0.3) is 0 Å². The molecule has 0 amide bonds. The van der Waals surface area contributed by atoms with E-state index in [1.165, 1.54) is 12.8 Å². The number of carbonyl (C=O) groups is 2. The Bertz CT molecular complexity index is 265. The molecule has 0 heterocycles. The number of hydrogen-bond acceptors (Lipinski definition) is 4. The molecule has 4 nitrogen and oxygen atoms in total. The van der Waals surface area contributed by atoms with Crippen LogP contribution in [0.1, 0.15) is 26.7 Å². The summed E-state index contributed by atoms with van der Waals surface area (Å²) >= 11 is 0. The number of rotatable bonds is 2. The van der Waals surface area contributed by atoms with E-state index >= 15 is 0 Å². The zero-order chi connectivity index (χ0) is 14.0. The molecule has 1 aliphatic carbocycles. The predicted molar refractivity (Wildman–Crippen MR) is 63.4 cm³/mol. The second-order valence-electron chi connectivity index (χ2n) is 3.64. The molecule has 0 aromatic rings. The molecule has 1 rings (SSSR count). The maximum Gasteiger partial charge on any atom is 2.00 e. The zero-order valence-corrected chi connectivity index (χ0v) is 12.6. The normalized spacial score (nSPS) is 16.5. The van der Waals surface area contributed by atoms with Gasteiger partial charge in [-0.05, 0) is 76.4 Å². The number of aliphatic carboxylic acids is 2. The quantitative estimate of drug-likeness (QED) is 0.512. The van der Waals surface area contributed by atoms with Gasteiger partial charge in [0, 0.05) is 0 Å². The maximum atomic E-state index is 9.99. The molecule has 0 aromatic carbocycles. The molecule has 0 spiro atoms. The van der Waals surface area contributed by atoms with Crippen LogP contribution >= 0.6 is 0 Å². The van der Waals surface area contributed by atoms with Crippen LogP contribution in [0.2, 0.25) is 0 Å². The Morgan fingerprint density at radius 3 is 1.37 bits per heavy atom. The Morgan fingerprint density at radius 2 is 1.11 bits per heavy atom. The molecule has 0 unspecified atom stereocenters. The van der Waals surface area contributed by atoms with Crippen molar-refractivity contribution in [2.75, 3.05) is 0 Å². The van der Waals surface area contributed by atoms with E-state index in [1.54, 1.807) is 0 Å². The third-order valence-corrected chi connectivity index (χ3v) is 2.28. The fourth-order valence-corrected chi connectivity index (χ4v) is 0.977. The van der Waals surface area contributed by atoms with Crippen LogP contribution in [0, 0.1) is 38.5 Å². The van der Waals surface area contributed by atoms with Gasteiger partial charge in [-0.25, -0.2) is 0 Å². The van der Waals surface area contributed by atoms with Gasteiger partial charge in [0.05, 0.1) is 11.9 Å². The van der Waals surface area contributed by atoms with Gasteiger partial charge in [0.15, 0.2) is 0 Å². The first kappa shape index (κ1) is 20.6. The van der Waals surface area contributed by atoms with Crippen LogP contribution in [-0.2, 0) is 29.1 Å². The number of carboxylic acids is 2. The average molecular weight is 349 g/mol. The van der Waals surface area contributed by atoms with E-state index in [0.29, 0.717) is 0 Å². The van der Waals surface area contributed by atoms with Crippen molar-refractivity contribution in [2.45, 2.75) is 26.7 Å². The van der Waals surface area contributed by atoms with Crippen molar-refractivity contribution in [3.63, 3.8) is 0 Å². The van der Waals surface area contributed by atoms with Gasteiger partial charge >= 0.3 is 19.5 Å². The molecule has 0 aliphatic heterocycles. The van der Waals surface area contributed by atoms with E-state index in [1.807, 2.05) is 0 Å². The van der Waals surface area contributed by atoms with Gasteiger partial charge in [-0.3, -0.25) is 0 Å². The van der Waals surface area contributed by atoms with Crippen LogP contribution in [0.15, 0.2) is 11.1 Å². The zero-order valence-electron chi connectivity index (χ0n) is 10.9. The standard InChI is InChI=1S/C8H10.C6H8O4.Ru/c1-2-4-6-8-7-5-3-1;1-3(5(7)8)4(2)6(9)10;/h1-6H,7-8H2;1-2H3,(H,7,8)(H,9,10);/q;;+2/p-2/b;4-3-;. The first-order valence-corrected chi connectivity index (χ1v) is 5.55. The summed E-state index contributed by atoms with van der Waals surface area (Å²) in [7, 11) is 0. The number of carboxylic acid groups (broad SMARTS) is 2. The summed E-state index contributed by atoms with van der Waals surface area (Å²) in [5.74, 6) is -2.97. The van der Waals surface area contributed by atoms with Gasteiger partial charge in [0.2, 0.25) is 0 Å². The Kier molecular flexibility index (Phi) is 13.4. The number of carbonyl (C=O) groups excluding carboxylic acids is 2. The first-order valence-electron chi connectivity index (χ1n) is 5.55. The number of hydrogen-bond donors (Lipinski definition) is 0. The van der Waals surface area contributed by atoms with Crippen molar-refractivity contribution in [1.29, 1.82) is 0 Å². The molecule has 19 heavy (non-hydrogen) atoms. The Morgan fingerprint density at radius 1 is 0.789 bits per heavy atom. The van der Waals surface area contributed by atoms with Gasteiger partial charge in [-0.2, -0.15) is 0 Å². The van der Waals surface area contributed by atoms with E-state index in [4.69, 9.17) is 0 Å². The maximum absolute atomic E-state index is 9.99. The van der Waals surface area contributed by atoms with E-state index in [-0.39, 0.29) is 30.6 Å². The topological polar surface area (TPSA) is 80.3 Å². The van der Waals surface area contributed by atoms with Gasteiger partial charge < -0.3 is 19.8 Å². The van der Waals surface area contributed by atoms with Crippen LogP contribution in [-0.4, -0.2) is 11.9 Å². The summed E-state index contributed by atoms with van der Waals surface area (Å²) in [5, 5.41) is 20.0. The molecule has 0 aromatic heterocycles. The Balaban J connectivity index is 0. The van der Waals surface area contributed by atoms with Crippen molar-refractivity contribution < 1.29 is 39.3 Å². The molecule has 1 fully saturated rings. The minimum absolute atomic E-state index is 0. The predicted octanol–water partition coefficient (Wildman–Crippen LogP) is -0.174. The van der Waals surface area contributed by atoms with Gasteiger partial charge in [-0.15, -0.1) is 0 Å². The van der Waals surface area contributed by atoms with Crippen LogP contribution in [0.25, 0.3) is 0 Å². The minimum atomic E-state index is -1.48. The summed E-state index contributed by atoms with van der Waals surface area (Å²) in [6.07, 6.45) is 15.0. The van der Waals surface area contributed by atoms with Gasteiger partial charge in [0.1, 0.15) is 0 Å². The fourth-order valence-electron chi connectivity index (χ4n) is 0.977. The van der Waals surface area contributed by atoms with Gasteiger partial charge in [-0.1, -0.05) is 0 Å². The molecule has 104 valence electrons. The molecule has 6 radical (unpaired) electrons. The molecule has 0 bridgehead atoms. The smallest absolute Gasteiger partial charge is 0.545 e. The fraction of sp³-hybridized carbons (Fsp3) is 0.286. The van der Waals surface area contributed by atoms with Crippen LogP contribution in [0.4, 0.5) is 0 Å². The van der Waals surface area contributed by atoms with E-state index < -0.39 is 11.9 Å². The molecule has 0 atom stereocenters. The second kappa shape index (κ2) is 12.3. The summed E-state index contributed by atoms with van der Waals surface area (Å²) in [4.78, 5) is 20.0. The van der Waals surface area contributed by atoms with Crippen LogP contribution in [0.5, 0.6) is 0 Å². The van der Waals surface area contributed by atoms with E-state index in [2.05, 4.69) is 38.5 Å². The molecule has 5 heteroatoms. The van der Waals surface area contributed by atoms with Crippen molar-refractivity contribution >= 4 is 11.9 Å². The van der Waals surface area contributed by atoms with Crippen molar-refractivity contribution in [3.05, 3.63) is 49.7 Å².